The van der Waals surface area contributed by atoms with Gasteiger partial charge in [-0.1, -0.05) is 13.0 Å². The molecule has 0 aromatic carbocycles. The van der Waals surface area contributed by atoms with Crippen LogP contribution >= 0.6 is 11.3 Å². The Hall–Kier alpha value is -1.82. The first-order chi connectivity index (χ1) is 9.67. The quantitative estimate of drug-likeness (QED) is 0.831. The number of aryl methyl sites for hydroxylation is 2. The van der Waals surface area contributed by atoms with Crippen LogP contribution in [-0.2, 0) is 24.1 Å². The summed E-state index contributed by atoms with van der Waals surface area (Å²) in [4.78, 5) is 17.4. The van der Waals surface area contributed by atoms with Gasteiger partial charge in [0, 0.05) is 17.8 Å². The molecule has 0 radical (unpaired) electrons. The zero-order valence-corrected chi connectivity index (χ0v) is 12.6. The second-order valence-electron chi connectivity index (χ2n) is 4.32. The average Bonchev–Trinajstić information content (AvgIpc) is 3.04. The van der Waals surface area contributed by atoms with Crippen LogP contribution < -0.4 is 5.73 Å². The van der Waals surface area contributed by atoms with Crippen molar-refractivity contribution in [2.45, 2.75) is 33.2 Å². The van der Waals surface area contributed by atoms with Crippen molar-refractivity contribution in [1.29, 1.82) is 0 Å². The highest BCUT2D eigenvalue weighted by Crippen LogP contribution is 2.18. The molecule has 2 aromatic heterocycles. The fraction of sp³-hybridized carbons (Fsp3) is 0.429. The van der Waals surface area contributed by atoms with Crippen molar-refractivity contribution in [1.82, 2.24) is 9.55 Å². The van der Waals surface area contributed by atoms with E-state index in [-0.39, 0.29) is 5.69 Å². The zero-order valence-electron chi connectivity index (χ0n) is 11.8. The predicted molar refractivity (Wildman–Crippen MR) is 80.0 cm³/mol. The van der Waals surface area contributed by atoms with Gasteiger partial charge in [-0.15, -0.1) is 11.3 Å². The number of nitrogens with two attached hydrogens (primary N) is 1. The normalized spacial score (nSPS) is 10.7. The number of rotatable bonds is 6. The maximum Gasteiger partial charge on any atom is 0.360 e. The second kappa shape index (κ2) is 6.56. The topological polar surface area (TPSA) is 70.1 Å². The van der Waals surface area contributed by atoms with Crippen LogP contribution in [0.1, 0.15) is 35.0 Å². The number of ether oxygens (including phenoxy) is 1. The van der Waals surface area contributed by atoms with E-state index in [9.17, 15) is 4.79 Å². The maximum atomic E-state index is 11.8. The molecule has 0 aliphatic heterocycles. The van der Waals surface area contributed by atoms with Gasteiger partial charge in [0.1, 0.15) is 11.6 Å². The molecule has 0 aliphatic rings. The predicted octanol–water partition coefficient (Wildman–Crippen LogP) is 2.51. The molecule has 0 atom stereocenters. The number of aromatic nitrogens is 2. The van der Waals surface area contributed by atoms with Crippen molar-refractivity contribution in [2.24, 2.45) is 0 Å². The fourth-order valence-electron chi connectivity index (χ4n) is 2.06. The van der Waals surface area contributed by atoms with E-state index in [2.05, 4.69) is 16.4 Å². The van der Waals surface area contributed by atoms with Crippen LogP contribution in [-0.4, -0.2) is 22.1 Å². The van der Waals surface area contributed by atoms with Crippen molar-refractivity contribution in [2.75, 3.05) is 12.3 Å². The highest BCUT2D eigenvalue weighted by Gasteiger charge is 2.20. The summed E-state index contributed by atoms with van der Waals surface area (Å²) in [6.07, 6.45) is 1.61. The lowest BCUT2D eigenvalue weighted by Gasteiger charge is -2.07. The third-order valence-electron chi connectivity index (χ3n) is 3.03. The van der Waals surface area contributed by atoms with Gasteiger partial charge < -0.3 is 15.0 Å². The molecular formula is C14H19N3O2S. The van der Waals surface area contributed by atoms with Crippen molar-refractivity contribution in [3.05, 3.63) is 33.9 Å². The van der Waals surface area contributed by atoms with Crippen molar-refractivity contribution in [3.8, 4) is 0 Å². The monoisotopic (exact) mass is 293 g/mol. The first-order valence-corrected chi connectivity index (χ1v) is 7.59. The molecule has 0 aliphatic carbocycles. The first kappa shape index (κ1) is 14.6. The van der Waals surface area contributed by atoms with Crippen molar-refractivity contribution < 1.29 is 9.53 Å². The molecule has 6 heteroatoms. The van der Waals surface area contributed by atoms with E-state index in [0.717, 1.165) is 25.2 Å². The van der Waals surface area contributed by atoms with Gasteiger partial charge in [-0.3, -0.25) is 0 Å². The zero-order chi connectivity index (χ0) is 14.5. The number of thiophene rings is 1. The van der Waals surface area contributed by atoms with E-state index >= 15 is 0 Å². The second-order valence-corrected chi connectivity index (χ2v) is 5.35. The minimum absolute atomic E-state index is 0.231. The molecule has 0 unspecified atom stereocenters. The molecule has 0 saturated heterocycles. The fourth-order valence-corrected chi connectivity index (χ4v) is 2.76. The average molecular weight is 293 g/mol. The summed E-state index contributed by atoms with van der Waals surface area (Å²) >= 11 is 1.72. The van der Waals surface area contributed by atoms with Gasteiger partial charge in [-0.05, 0) is 24.8 Å². The van der Waals surface area contributed by atoms with Gasteiger partial charge in [-0.2, -0.15) is 0 Å². The minimum atomic E-state index is -0.449. The van der Waals surface area contributed by atoms with Gasteiger partial charge >= 0.3 is 5.97 Å². The summed E-state index contributed by atoms with van der Waals surface area (Å²) in [7, 11) is 0. The van der Waals surface area contributed by atoms with Crippen LogP contribution in [0.15, 0.2) is 17.5 Å². The Morgan fingerprint density at radius 3 is 2.90 bits per heavy atom. The number of nitrogens with zero attached hydrogens (tertiary/aromatic N) is 2. The molecule has 20 heavy (non-hydrogen) atoms. The summed E-state index contributed by atoms with van der Waals surface area (Å²) in [6.45, 7) is 4.81. The Bertz CT molecular complexity index is 576. The van der Waals surface area contributed by atoms with Crippen LogP contribution in [0, 0.1) is 0 Å². The third kappa shape index (κ3) is 3.01. The molecule has 2 heterocycles. The van der Waals surface area contributed by atoms with Gasteiger partial charge in [0.2, 0.25) is 0 Å². The van der Waals surface area contributed by atoms with E-state index in [0.29, 0.717) is 12.4 Å². The number of imidazole rings is 1. The summed E-state index contributed by atoms with van der Waals surface area (Å²) < 4.78 is 6.89. The third-order valence-corrected chi connectivity index (χ3v) is 3.97. The summed E-state index contributed by atoms with van der Waals surface area (Å²) in [5, 5.41) is 2.05. The van der Waals surface area contributed by atoms with Crippen molar-refractivity contribution in [3.63, 3.8) is 0 Å². The molecule has 2 rings (SSSR count). The van der Waals surface area contributed by atoms with E-state index in [1.807, 2.05) is 17.6 Å². The lowest BCUT2D eigenvalue weighted by atomic mass is 10.3. The Kier molecular flexibility index (Phi) is 4.79. The Labute approximate surface area is 122 Å². The van der Waals surface area contributed by atoms with Crippen molar-refractivity contribution >= 4 is 23.1 Å². The van der Waals surface area contributed by atoms with E-state index in [4.69, 9.17) is 10.5 Å². The lowest BCUT2D eigenvalue weighted by Crippen LogP contribution is -2.11. The van der Waals surface area contributed by atoms with Crippen LogP contribution in [0.3, 0.4) is 0 Å². The van der Waals surface area contributed by atoms with Crippen LogP contribution in [0.4, 0.5) is 5.82 Å². The molecule has 108 valence electrons. The molecule has 0 bridgehead atoms. The van der Waals surface area contributed by atoms with Crippen LogP contribution in [0.5, 0.6) is 0 Å². The number of hydrogen-bond acceptors (Lipinski definition) is 5. The largest absolute Gasteiger partial charge is 0.461 e. The number of anilines is 1. The lowest BCUT2D eigenvalue weighted by molar-refractivity contribution is 0.0521. The molecule has 2 N–H and O–H groups in total. The van der Waals surface area contributed by atoms with Crippen LogP contribution in [0.25, 0.3) is 0 Å². The van der Waals surface area contributed by atoms with Gasteiger partial charge in [0.15, 0.2) is 5.69 Å². The van der Waals surface area contributed by atoms with E-state index < -0.39 is 5.97 Å². The first-order valence-electron chi connectivity index (χ1n) is 6.71. The summed E-state index contributed by atoms with van der Waals surface area (Å²) in [6, 6.07) is 4.12. The molecule has 2 aromatic rings. The summed E-state index contributed by atoms with van der Waals surface area (Å²) in [5.41, 5.74) is 6.28. The minimum Gasteiger partial charge on any atom is -0.461 e. The van der Waals surface area contributed by atoms with Gasteiger partial charge in [-0.25, -0.2) is 9.78 Å². The number of hydrogen-bond donors (Lipinski definition) is 1. The highest BCUT2D eigenvalue weighted by molar-refractivity contribution is 7.09. The Balaban J connectivity index is 2.20. The number of carbonyl (C=O) groups excluding carboxylic acids is 1. The van der Waals surface area contributed by atoms with E-state index in [1.54, 1.807) is 18.3 Å². The molecule has 0 spiro atoms. The van der Waals surface area contributed by atoms with Gasteiger partial charge in [0.25, 0.3) is 0 Å². The molecule has 0 saturated carbocycles. The smallest absolute Gasteiger partial charge is 0.360 e. The molecule has 0 fully saturated rings. The maximum absolute atomic E-state index is 11.8. The van der Waals surface area contributed by atoms with Gasteiger partial charge in [0.05, 0.1) is 6.61 Å². The number of nitrogen functional groups attached to an aromatic ring is 1. The SMILES string of the molecule is CCOC(=O)c1nc(CC)n(CCc2cccs2)c1N. The summed E-state index contributed by atoms with van der Waals surface area (Å²) in [5.74, 6) is 0.772. The number of carbonyl (C=O) groups is 1. The van der Waals surface area contributed by atoms with E-state index in [1.165, 1.54) is 4.88 Å². The van der Waals surface area contributed by atoms with Crippen LogP contribution in [0.2, 0.25) is 0 Å². The standard InChI is InChI=1S/C14H19N3O2S/c1-3-11-16-12(14(18)19-4-2)13(15)17(11)8-7-10-6-5-9-20-10/h5-6,9H,3-4,7-8,15H2,1-2H3. The molecular weight excluding hydrogens is 274 g/mol. The Morgan fingerprint density at radius 2 is 2.30 bits per heavy atom. The Morgan fingerprint density at radius 1 is 1.50 bits per heavy atom. The molecule has 0 amide bonds. The highest BCUT2D eigenvalue weighted by atomic mass is 32.1. The number of esters is 1. The molecule has 5 nitrogen and oxygen atoms in total.